The summed E-state index contributed by atoms with van der Waals surface area (Å²) in [4.78, 5) is 19.3. The molecule has 120 valence electrons. The van der Waals surface area contributed by atoms with Gasteiger partial charge < -0.3 is 10.2 Å². The molecule has 22 heavy (non-hydrogen) atoms. The summed E-state index contributed by atoms with van der Waals surface area (Å²) < 4.78 is 0. The Labute approximate surface area is 138 Å². The van der Waals surface area contributed by atoms with Crippen LogP contribution in [0.4, 0.5) is 0 Å². The molecular formula is C17H24ClN3O. The van der Waals surface area contributed by atoms with Crippen LogP contribution in [0.2, 0.25) is 0 Å². The van der Waals surface area contributed by atoms with Gasteiger partial charge in [0.2, 0.25) is 5.91 Å². The molecule has 5 heteroatoms. The minimum atomic E-state index is 0. The molecule has 1 aromatic rings. The second-order valence-electron chi connectivity index (χ2n) is 6.86. The second-order valence-corrected chi connectivity index (χ2v) is 6.86. The number of rotatable bonds is 2. The first-order valence-corrected chi connectivity index (χ1v) is 8.21. The van der Waals surface area contributed by atoms with Crippen molar-refractivity contribution >= 4 is 18.3 Å². The van der Waals surface area contributed by atoms with Gasteiger partial charge in [-0.2, -0.15) is 0 Å². The molecule has 3 fully saturated rings. The first-order chi connectivity index (χ1) is 10.3. The SMILES string of the molecule is Cl.O=C(C1CC12CCCC2)N1CCNCC1c1cccnc1. The highest BCUT2D eigenvalue weighted by Crippen LogP contribution is 2.63. The van der Waals surface area contributed by atoms with Crippen molar-refractivity contribution < 1.29 is 4.79 Å². The molecule has 1 saturated heterocycles. The third-order valence-corrected chi connectivity index (χ3v) is 5.68. The molecule has 4 nitrogen and oxygen atoms in total. The number of amides is 1. The van der Waals surface area contributed by atoms with Gasteiger partial charge in [0.25, 0.3) is 0 Å². The molecule has 2 aliphatic carbocycles. The summed E-state index contributed by atoms with van der Waals surface area (Å²) in [5.41, 5.74) is 1.54. The average molecular weight is 322 g/mol. The number of halogens is 1. The molecule has 2 heterocycles. The zero-order chi connectivity index (χ0) is 14.3. The predicted molar refractivity (Wildman–Crippen MR) is 87.8 cm³/mol. The number of carbonyl (C=O) groups is 1. The molecule has 0 aromatic carbocycles. The van der Waals surface area contributed by atoms with Crippen molar-refractivity contribution in [2.75, 3.05) is 19.6 Å². The lowest BCUT2D eigenvalue weighted by Gasteiger charge is -2.37. The van der Waals surface area contributed by atoms with Gasteiger partial charge in [-0.05, 0) is 36.3 Å². The molecule has 0 bridgehead atoms. The Balaban J connectivity index is 0.00000144. The van der Waals surface area contributed by atoms with Crippen molar-refractivity contribution in [1.82, 2.24) is 15.2 Å². The molecule has 2 unspecified atom stereocenters. The molecule has 1 amide bonds. The Morgan fingerprint density at radius 2 is 2.18 bits per heavy atom. The van der Waals surface area contributed by atoms with Crippen molar-refractivity contribution in [3.63, 3.8) is 0 Å². The topological polar surface area (TPSA) is 45.2 Å². The Morgan fingerprint density at radius 1 is 1.36 bits per heavy atom. The summed E-state index contributed by atoms with van der Waals surface area (Å²) in [5.74, 6) is 0.699. The van der Waals surface area contributed by atoms with Crippen molar-refractivity contribution in [3.05, 3.63) is 30.1 Å². The van der Waals surface area contributed by atoms with Gasteiger partial charge in [-0.1, -0.05) is 18.9 Å². The van der Waals surface area contributed by atoms with Crippen LogP contribution in [0.3, 0.4) is 0 Å². The van der Waals surface area contributed by atoms with Gasteiger partial charge in [-0.15, -0.1) is 12.4 Å². The van der Waals surface area contributed by atoms with E-state index in [0.717, 1.165) is 31.6 Å². The number of pyridine rings is 1. The third kappa shape index (κ3) is 2.63. The first kappa shape index (κ1) is 15.8. The average Bonchev–Trinajstić information content (AvgIpc) is 3.04. The van der Waals surface area contributed by atoms with Crippen LogP contribution >= 0.6 is 12.4 Å². The number of nitrogens with one attached hydrogen (secondary N) is 1. The van der Waals surface area contributed by atoms with Crippen LogP contribution < -0.4 is 5.32 Å². The molecular weight excluding hydrogens is 298 g/mol. The number of hydrogen-bond donors (Lipinski definition) is 1. The normalized spacial score (nSPS) is 29.2. The van der Waals surface area contributed by atoms with E-state index >= 15 is 0 Å². The van der Waals surface area contributed by atoms with Crippen LogP contribution in [0.5, 0.6) is 0 Å². The van der Waals surface area contributed by atoms with Gasteiger partial charge in [0.05, 0.1) is 6.04 Å². The maximum atomic E-state index is 13.0. The van der Waals surface area contributed by atoms with E-state index in [4.69, 9.17) is 0 Å². The molecule has 1 aliphatic heterocycles. The summed E-state index contributed by atoms with van der Waals surface area (Å²) in [5, 5.41) is 3.42. The van der Waals surface area contributed by atoms with Gasteiger partial charge >= 0.3 is 0 Å². The Hall–Kier alpha value is -1.13. The number of aromatic nitrogens is 1. The fraction of sp³-hybridized carbons (Fsp3) is 0.647. The number of carbonyl (C=O) groups excluding carboxylic acids is 1. The van der Waals surface area contributed by atoms with E-state index in [9.17, 15) is 4.79 Å². The lowest BCUT2D eigenvalue weighted by molar-refractivity contribution is -0.136. The van der Waals surface area contributed by atoms with Crippen molar-refractivity contribution in [2.24, 2.45) is 11.3 Å². The van der Waals surface area contributed by atoms with Crippen molar-refractivity contribution in [3.8, 4) is 0 Å². The summed E-state index contributed by atoms with van der Waals surface area (Å²) in [7, 11) is 0. The van der Waals surface area contributed by atoms with Gasteiger partial charge in [-0.3, -0.25) is 9.78 Å². The summed E-state index contributed by atoms with van der Waals surface area (Å²) in [6.07, 6.45) is 10.0. The lowest BCUT2D eigenvalue weighted by atomic mass is 9.99. The van der Waals surface area contributed by atoms with Crippen LogP contribution in [0, 0.1) is 11.3 Å². The monoisotopic (exact) mass is 321 g/mol. The fourth-order valence-electron chi connectivity index (χ4n) is 4.37. The zero-order valence-corrected chi connectivity index (χ0v) is 13.6. The van der Waals surface area contributed by atoms with Crippen molar-refractivity contribution in [1.29, 1.82) is 0 Å². The third-order valence-electron chi connectivity index (χ3n) is 5.68. The second kappa shape index (κ2) is 6.17. The molecule has 1 aromatic heterocycles. The summed E-state index contributed by atoms with van der Waals surface area (Å²) in [6.45, 7) is 2.57. The minimum Gasteiger partial charge on any atom is -0.333 e. The first-order valence-electron chi connectivity index (χ1n) is 8.21. The van der Waals surface area contributed by atoms with Gasteiger partial charge in [-0.25, -0.2) is 0 Å². The highest BCUT2D eigenvalue weighted by molar-refractivity contribution is 5.85. The zero-order valence-electron chi connectivity index (χ0n) is 12.8. The molecule has 1 N–H and O–H groups in total. The van der Waals surface area contributed by atoms with E-state index < -0.39 is 0 Å². The fourth-order valence-corrected chi connectivity index (χ4v) is 4.37. The Bertz CT molecular complexity index is 530. The van der Waals surface area contributed by atoms with E-state index in [0.29, 0.717) is 17.2 Å². The van der Waals surface area contributed by atoms with E-state index in [1.54, 1.807) is 6.20 Å². The lowest BCUT2D eigenvalue weighted by Crippen LogP contribution is -2.49. The maximum absolute atomic E-state index is 13.0. The molecule has 2 saturated carbocycles. The minimum absolute atomic E-state index is 0. The summed E-state index contributed by atoms with van der Waals surface area (Å²) >= 11 is 0. The highest BCUT2D eigenvalue weighted by atomic mass is 35.5. The Kier molecular flexibility index (Phi) is 4.42. The molecule has 1 spiro atoms. The molecule has 2 atom stereocenters. The number of nitrogens with zero attached hydrogens (tertiary/aromatic N) is 2. The van der Waals surface area contributed by atoms with Gasteiger partial charge in [0.15, 0.2) is 0 Å². The van der Waals surface area contributed by atoms with Crippen LogP contribution in [0.1, 0.15) is 43.7 Å². The standard InChI is InChI=1S/C17H23N3O.ClH/c21-16(14-10-17(14)5-1-2-6-17)20-9-8-19-12-15(20)13-4-3-7-18-11-13;/h3-4,7,11,14-15,19H,1-2,5-6,8-10,12H2;1H. The maximum Gasteiger partial charge on any atom is 0.226 e. The molecule has 0 radical (unpaired) electrons. The largest absolute Gasteiger partial charge is 0.333 e. The van der Waals surface area contributed by atoms with E-state index in [1.165, 1.54) is 25.7 Å². The van der Waals surface area contributed by atoms with Crippen molar-refractivity contribution in [2.45, 2.75) is 38.1 Å². The van der Waals surface area contributed by atoms with E-state index in [2.05, 4.69) is 21.3 Å². The smallest absolute Gasteiger partial charge is 0.226 e. The highest BCUT2D eigenvalue weighted by Gasteiger charge is 2.59. The van der Waals surface area contributed by atoms with Gasteiger partial charge in [0, 0.05) is 37.9 Å². The predicted octanol–water partition coefficient (Wildman–Crippen LogP) is 2.56. The van der Waals surface area contributed by atoms with Crippen LogP contribution in [-0.4, -0.2) is 35.4 Å². The van der Waals surface area contributed by atoms with Crippen LogP contribution in [0.15, 0.2) is 24.5 Å². The quantitative estimate of drug-likeness (QED) is 0.910. The number of hydrogen-bond acceptors (Lipinski definition) is 3. The molecule has 3 aliphatic rings. The van der Waals surface area contributed by atoms with Crippen LogP contribution in [-0.2, 0) is 4.79 Å². The van der Waals surface area contributed by atoms with E-state index in [-0.39, 0.29) is 18.4 Å². The van der Waals surface area contributed by atoms with Crippen LogP contribution in [0.25, 0.3) is 0 Å². The van der Waals surface area contributed by atoms with E-state index in [1.807, 2.05) is 12.3 Å². The van der Waals surface area contributed by atoms with Gasteiger partial charge in [0.1, 0.15) is 0 Å². The number of piperazine rings is 1. The molecule has 4 rings (SSSR count). The Morgan fingerprint density at radius 3 is 2.91 bits per heavy atom. The summed E-state index contributed by atoms with van der Waals surface area (Å²) in [6, 6.07) is 4.20.